The number of nitrogens with zero attached hydrogens (tertiary/aromatic N) is 2. The van der Waals surface area contributed by atoms with Crippen LogP contribution in [0.3, 0.4) is 0 Å². The van der Waals surface area contributed by atoms with Crippen LogP contribution < -0.4 is 0 Å². The van der Waals surface area contributed by atoms with Gasteiger partial charge < -0.3 is 9.67 Å². The van der Waals surface area contributed by atoms with E-state index in [-0.39, 0.29) is 12.0 Å². The van der Waals surface area contributed by atoms with Crippen molar-refractivity contribution in [2.75, 3.05) is 6.61 Å². The molecule has 0 saturated carbocycles. The highest BCUT2D eigenvalue weighted by atomic mass is 16.3. The van der Waals surface area contributed by atoms with E-state index in [0.717, 1.165) is 19.4 Å². The van der Waals surface area contributed by atoms with Gasteiger partial charge in [0.2, 0.25) is 0 Å². The topological polar surface area (TPSA) is 38.0 Å². The van der Waals surface area contributed by atoms with Crippen LogP contribution in [0, 0.1) is 0 Å². The van der Waals surface area contributed by atoms with Crippen molar-refractivity contribution in [3.05, 3.63) is 17.2 Å². The molecule has 90 valence electrons. The minimum atomic E-state index is 0.0782. The molecule has 0 fully saturated rings. The number of imidazole rings is 1. The number of hydrogen-bond donors (Lipinski definition) is 1. The molecule has 0 aromatic carbocycles. The van der Waals surface area contributed by atoms with Crippen LogP contribution in [0.1, 0.15) is 50.8 Å². The van der Waals surface area contributed by atoms with E-state index < -0.39 is 0 Å². The van der Waals surface area contributed by atoms with E-state index in [9.17, 15) is 5.11 Å². The Balaban J connectivity index is 2.47. The van der Waals surface area contributed by atoms with Gasteiger partial charge in [-0.1, -0.05) is 20.8 Å². The summed E-state index contributed by atoms with van der Waals surface area (Å²) in [6.45, 7) is 7.88. The molecule has 0 spiro atoms. The smallest absolute Gasteiger partial charge is 0.109 e. The van der Waals surface area contributed by atoms with Gasteiger partial charge >= 0.3 is 0 Å². The predicted octanol–water partition coefficient (Wildman–Crippen LogP) is 2.05. The largest absolute Gasteiger partial charge is 0.396 e. The van der Waals surface area contributed by atoms with Gasteiger partial charge in [0.05, 0.1) is 5.69 Å². The Bertz CT molecular complexity index is 374. The number of rotatable bonds is 2. The molecule has 16 heavy (non-hydrogen) atoms. The standard InChI is InChI=1S/C13H22N2O/c1-13(2,3)12-10(7-9-16)15-8-5-4-6-11(15)14-12/h16H,4-9H2,1-3H3. The highest BCUT2D eigenvalue weighted by Gasteiger charge is 2.26. The lowest BCUT2D eigenvalue weighted by atomic mass is 9.90. The molecule has 1 aliphatic rings. The summed E-state index contributed by atoms with van der Waals surface area (Å²) in [5.41, 5.74) is 2.51. The zero-order chi connectivity index (χ0) is 11.8. The van der Waals surface area contributed by atoms with Crippen molar-refractivity contribution in [3.63, 3.8) is 0 Å². The molecular weight excluding hydrogens is 200 g/mol. The summed E-state index contributed by atoms with van der Waals surface area (Å²) in [6, 6.07) is 0. The molecule has 3 heteroatoms. The van der Waals surface area contributed by atoms with Crippen LogP contribution >= 0.6 is 0 Å². The quantitative estimate of drug-likeness (QED) is 0.831. The number of aliphatic hydroxyl groups is 1. The summed E-state index contributed by atoms with van der Waals surface area (Å²) in [7, 11) is 0. The third-order valence-corrected chi connectivity index (χ3v) is 3.24. The van der Waals surface area contributed by atoms with Crippen LogP contribution in [0.25, 0.3) is 0 Å². The van der Waals surface area contributed by atoms with Crippen molar-refractivity contribution in [2.45, 2.75) is 58.4 Å². The molecule has 1 aliphatic heterocycles. The normalized spacial score (nSPS) is 16.2. The van der Waals surface area contributed by atoms with Crippen molar-refractivity contribution in [1.82, 2.24) is 9.55 Å². The second-order valence-electron chi connectivity index (χ2n) is 5.66. The van der Waals surface area contributed by atoms with Crippen molar-refractivity contribution in [1.29, 1.82) is 0 Å². The van der Waals surface area contributed by atoms with E-state index in [2.05, 4.69) is 25.3 Å². The van der Waals surface area contributed by atoms with Gasteiger partial charge in [0.25, 0.3) is 0 Å². The highest BCUT2D eigenvalue weighted by molar-refractivity contribution is 5.25. The first kappa shape index (κ1) is 11.6. The second-order valence-corrected chi connectivity index (χ2v) is 5.66. The van der Waals surface area contributed by atoms with Crippen molar-refractivity contribution < 1.29 is 5.11 Å². The summed E-state index contributed by atoms with van der Waals surface area (Å²) in [4.78, 5) is 4.79. The van der Waals surface area contributed by atoms with Crippen LogP contribution in [0.5, 0.6) is 0 Å². The Hall–Kier alpha value is -0.830. The van der Waals surface area contributed by atoms with Crippen LogP contribution in [0.4, 0.5) is 0 Å². The Morgan fingerprint density at radius 2 is 2.06 bits per heavy atom. The first-order valence-corrected chi connectivity index (χ1v) is 6.23. The highest BCUT2D eigenvalue weighted by Crippen LogP contribution is 2.29. The van der Waals surface area contributed by atoms with Gasteiger partial charge in [-0.2, -0.15) is 0 Å². The molecular formula is C13H22N2O. The van der Waals surface area contributed by atoms with Crippen LogP contribution in [0.2, 0.25) is 0 Å². The zero-order valence-electron chi connectivity index (χ0n) is 10.6. The fraction of sp³-hybridized carbons (Fsp3) is 0.769. The van der Waals surface area contributed by atoms with Crippen LogP contribution in [-0.2, 0) is 24.8 Å². The molecule has 0 bridgehead atoms. The van der Waals surface area contributed by atoms with E-state index in [1.807, 2.05) is 0 Å². The average Bonchev–Trinajstić information content (AvgIpc) is 2.58. The summed E-state index contributed by atoms with van der Waals surface area (Å²) < 4.78 is 2.33. The molecule has 0 radical (unpaired) electrons. The summed E-state index contributed by atoms with van der Waals surface area (Å²) in [5, 5.41) is 9.19. The third kappa shape index (κ3) is 2.01. The van der Waals surface area contributed by atoms with Gasteiger partial charge in [-0.3, -0.25) is 0 Å². The first-order chi connectivity index (χ1) is 7.54. The summed E-state index contributed by atoms with van der Waals surface area (Å²) in [5.74, 6) is 1.22. The first-order valence-electron chi connectivity index (χ1n) is 6.23. The Labute approximate surface area is 97.5 Å². The Kier molecular flexibility index (Phi) is 3.06. The number of fused-ring (bicyclic) bond motifs is 1. The van der Waals surface area contributed by atoms with E-state index in [4.69, 9.17) is 4.98 Å². The Morgan fingerprint density at radius 1 is 1.31 bits per heavy atom. The number of aryl methyl sites for hydroxylation is 1. The minimum absolute atomic E-state index is 0.0782. The number of aliphatic hydroxyl groups excluding tert-OH is 1. The molecule has 0 atom stereocenters. The molecule has 2 heterocycles. The number of aromatic nitrogens is 2. The molecule has 0 amide bonds. The zero-order valence-corrected chi connectivity index (χ0v) is 10.6. The molecule has 0 unspecified atom stereocenters. The van der Waals surface area contributed by atoms with Crippen molar-refractivity contribution >= 4 is 0 Å². The van der Waals surface area contributed by atoms with Crippen molar-refractivity contribution in [2.24, 2.45) is 0 Å². The molecule has 0 aliphatic carbocycles. The molecule has 1 N–H and O–H groups in total. The SMILES string of the molecule is CC(C)(C)c1nc2n(c1CCO)CCCC2. The van der Waals surface area contributed by atoms with Crippen molar-refractivity contribution in [3.8, 4) is 0 Å². The lowest BCUT2D eigenvalue weighted by Gasteiger charge is -2.19. The Morgan fingerprint density at radius 3 is 2.69 bits per heavy atom. The maximum Gasteiger partial charge on any atom is 0.109 e. The average molecular weight is 222 g/mol. The lowest BCUT2D eigenvalue weighted by molar-refractivity contribution is 0.294. The van der Waals surface area contributed by atoms with Gasteiger partial charge in [-0.05, 0) is 12.8 Å². The third-order valence-electron chi connectivity index (χ3n) is 3.24. The minimum Gasteiger partial charge on any atom is -0.396 e. The van der Waals surface area contributed by atoms with E-state index in [0.29, 0.717) is 0 Å². The monoisotopic (exact) mass is 222 g/mol. The van der Waals surface area contributed by atoms with Gasteiger partial charge in [0, 0.05) is 37.1 Å². The predicted molar refractivity (Wildman–Crippen MR) is 64.7 cm³/mol. The summed E-state index contributed by atoms with van der Waals surface area (Å²) >= 11 is 0. The van der Waals surface area contributed by atoms with Gasteiger partial charge in [-0.25, -0.2) is 4.98 Å². The fourth-order valence-corrected chi connectivity index (χ4v) is 2.51. The van der Waals surface area contributed by atoms with Gasteiger partial charge in [-0.15, -0.1) is 0 Å². The van der Waals surface area contributed by atoms with Crippen LogP contribution in [0.15, 0.2) is 0 Å². The number of hydrogen-bond acceptors (Lipinski definition) is 2. The molecule has 0 saturated heterocycles. The van der Waals surface area contributed by atoms with Gasteiger partial charge in [0.1, 0.15) is 5.82 Å². The molecule has 1 aromatic rings. The maximum absolute atomic E-state index is 9.19. The van der Waals surface area contributed by atoms with E-state index in [1.54, 1.807) is 0 Å². The van der Waals surface area contributed by atoms with Crippen LogP contribution in [-0.4, -0.2) is 21.3 Å². The lowest BCUT2D eigenvalue weighted by Crippen LogP contribution is -2.17. The summed E-state index contributed by atoms with van der Waals surface area (Å²) in [6.07, 6.45) is 4.32. The molecule has 3 nitrogen and oxygen atoms in total. The maximum atomic E-state index is 9.19. The fourth-order valence-electron chi connectivity index (χ4n) is 2.51. The van der Waals surface area contributed by atoms with Gasteiger partial charge in [0.15, 0.2) is 0 Å². The van der Waals surface area contributed by atoms with E-state index in [1.165, 1.54) is 30.1 Å². The van der Waals surface area contributed by atoms with E-state index >= 15 is 0 Å². The molecule has 1 aromatic heterocycles. The second kappa shape index (κ2) is 4.21. The molecule has 2 rings (SSSR count).